The zero-order valence-electron chi connectivity index (χ0n) is 19.4. The first-order valence-electron chi connectivity index (χ1n) is 11.7. The van der Waals surface area contributed by atoms with Gasteiger partial charge in [0.1, 0.15) is 0 Å². The smallest absolute Gasteiger partial charge is 0.256 e. The molecule has 0 N–H and O–H groups in total. The molecule has 0 radical (unpaired) electrons. The summed E-state index contributed by atoms with van der Waals surface area (Å²) < 4.78 is 27.7. The highest BCUT2D eigenvalue weighted by Gasteiger charge is 2.30. The molecule has 1 aromatic heterocycles. The summed E-state index contributed by atoms with van der Waals surface area (Å²) >= 11 is 0. The summed E-state index contributed by atoms with van der Waals surface area (Å²) in [6.45, 7) is 8.50. The Balaban J connectivity index is 1.61. The summed E-state index contributed by atoms with van der Waals surface area (Å²) in [5.74, 6) is 0.539. The Bertz CT molecular complexity index is 1060. The van der Waals surface area contributed by atoms with Crippen LogP contribution in [0.2, 0.25) is 0 Å². The molecule has 2 aliphatic rings. The zero-order chi connectivity index (χ0) is 23.4. The van der Waals surface area contributed by atoms with Crippen LogP contribution in [0.4, 0.5) is 11.6 Å². The van der Waals surface area contributed by atoms with Gasteiger partial charge in [0.05, 0.1) is 10.5 Å². The second-order valence-electron chi connectivity index (χ2n) is 8.29. The number of nitrogens with zero attached hydrogens (tertiary/aromatic N) is 6. The Labute approximate surface area is 196 Å². The fraction of sp³-hybridized carbons (Fsp3) is 0.522. The molecule has 10 heteroatoms. The SMILES string of the molecule is CCN(CC)S(=O)(=O)c1ccc(N2CCCC2)c(C(=O)N2CCN(c3ncccn3)CC2)c1. The number of hydrogen-bond donors (Lipinski definition) is 0. The molecule has 3 heterocycles. The van der Waals surface area contributed by atoms with Gasteiger partial charge in [0.15, 0.2) is 0 Å². The molecule has 2 fully saturated rings. The number of sulfonamides is 1. The largest absolute Gasteiger partial charge is 0.371 e. The van der Waals surface area contributed by atoms with Crippen LogP contribution in [0.3, 0.4) is 0 Å². The molecule has 2 aliphatic heterocycles. The lowest BCUT2D eigenvalue weighted by Gasteiger charge is -2.35. The molecule has 0 atom stereocenters. The molecule has 4 rings (SSSR count). The van der Waals surface area contributed by atoms with Gasteiger partial charge in [-0.2, -0.15) is 4.31 Å². The Morgan fingerprint density at radius 1 is 0.939 bits per heavy atom. The molecule has 2 saturated heterocycles. The molecule has 1 aromatic carbocycles. The summed E-state index contributed by atoms with van der Waals surface area (Å²) in [5, 5.41) is 0. The number of rotatable bonds is 7. The average Bonchev–Trinajstić information content (AvgIpc) is 3.39. The maximum Gasteiger partial charge on any atom is 0.256 e. The molecule has 0 aliphatic carbocycles. The van der Waals surface area contributed by atoms with Crippen molar-refractivity contribution in [2.75, 3.05) is 62.2 Å². The van der Waals surface area contributed by atoms with Gasteiger partial charge >= 0.3 is 0 Å². The summed E-state index contributed by atoms with van der Waals surface area (Å²) in [5.41, 5.74) is 1.29. The van der Waals surface area contributed by atoms with E-state index in [-0.39, 0.29) is 10.8 Å². The minimum Gasteiger partial charge on any atom is -0.371 e. The van der Waals surface area contributed by atoms with Crippen LogP contribution in [0.25, 0.3) is 0 Å². The van der Waals surface area contributed by atoms with Crippen molar-refractivity contribution >= 4 is 27.6 Å². The highest BCUT2D eigenvalue weighted by molar-refractivity contribution is 7.89. The van der Waals surface area contributed by atoms with E-state index in [0.717, 1.165) is 31.6 Å². The van der Waals surface area contributed by atoms with Crippen molar-refractivity contribution < 1.29 is 13.2 Å². The van der Waals surface area contributed by atoms with E-state index >= 15 is 0 Å². The predicted octanol–water partition coefficient (Wildman–Crippen LogP) is 2.07. The molecular weight excluding hydrogens is 440 g/mol. The normalized spacial score (nSPS) is 17.1. The van der Waals surface area contributed by atoms with E-state index in [1.165, 1.54) is 4.31 Å². The van der Waals surface area contributed by atoms with Crippen molar-refractivity contribution in [3.05, 3.63) is 42.2 Å². The van der Waals surface area contributed by atoms with Crippen LogP contribution in [-0.4, -0.2) is 85.9 Å². The second kappa shape index (κ2) is 10.0. The standard InChI is InChI=1S/C23H32N6O3S/c1-3-29(4-2)33(31,32)19-8-9-21(26-12-5-6-13-26)20(18-19)22(30)27-14-16-28(17-15-27)23-24-10-7-11-25-23/h7-11,18H,3-6,12-17H2,1-2H3. The van der Waals surface area contributed by atoms with E-state index in [4.69, 9.17) is 0 Å². The number of amides is 1. The van der Waals surface area contributed by atoms with Gasteiger partial charge in [-0.25, -0.2) is 18.4 Å². The van der Waals surface area contributed by atoms with Crippen molar-refractivity contribution in [3.63, 3.8) is 0 Å². The van der Waals surface area contributed by atoms with Gasteiger partial charge in [0.25, 0.3) is 5.91 Å². The average molecular weight is 473 g/mol. The van der Waals surface area contributed by atoms with Crippen molar-refractivity contribution in [3.8, 4) is 0 Å². The third-order valence-corrected chi connectivity index (χ3v) is 8.44. The minimum absolute atomic E-state index is 0.123. The lowest BCUT2D eigenvalue weighted by Crippen LogP contribution is -2.49. The summed E-state index contributed by atoms with van der Waals surface area (Å²) in [7, 11) is -3.65. The summed E-state index contributed by atoms with van der Waals surface area (Å²) in [4.78, 5) is 28.5. The van der Waals surface area contributed by atoms with Gasteiger partial charge in [-0.15, -0.1) is 0 Å². The van der Waals surface area contributed by atoms with E-state index in [1.54, 1.807) is 30.6 Å². The molecule has 0 bridgehead atoms. The van der Waals surface area contributed by atoms with Crippen LogP contribution in [0.15, 0.2) is 41.6 Å². The molecule has 0 saturated carbocycles. The minimum atomic E-state index is -3.65. The number of carbonyl (C=O) groups is 1. The van der Waals surface area contributed by atoms with Crippen molar-refractivity contribution in [2.24, 2.45) is 0 Å². The fourth-order valence-electron chi connectivity index (χ4n) is 4.53. The summed E-state index contributed by atoms with van der Waals surface area (Å²) in [6.07, 6.45) is 5.57. The maximum absolute atomic E-state index is 13.6. The number of aromatic nitrogens is 2. The Morgan fingerprint density at radius 3 is 2.18 bits per heavy atom. The van der Waals surface area contributed by atoms with Crippen LogP contribution >= 0.6 is 0 Å². The number of hydrogen-bond acceptors (Lipinski definition) is 7. The Hall–Kier alpha value is -2.72. The van der Waals surface area contributed by atoms with Crippen molar-refractivity contribution in [1.82, 2.24) is 19.2 Å². The van der Waals surface area contributed by atoms with Crippen molar-refractivity contribution in [2.45, 2.75) is 31.6 Å². The van der Waals surface area contributed by atoms with E-state index in [1.807, 2.05) is 24.8 Å². The van der Waals surface area contributed by atoms with Gasteiger partial charge in [0, 0.05) is 70.4 Å². The van der Waals surface area contributed by atoms with E-state index in [0.29, 0.717) is 50.8 Å². The molecule has 0 unspecified atom stereocenters. The first-order valence-corrected chi connectivity index (χ1v) is 13.1. The summed E-state index contributed by atoms with van der Waals surface area (Å²) in [6, 6.07) is 6.81. The first-order chi connectivity index (χ1) is 16.0. The van der Waals surface area contributed by atoms with E-state index < -0.39 is 10.0 Å². The van der Waals surface area contributed by atoms with Crippen LogP contribution in [0.5, 0.6) is 0 Å². The topological polar surface area (TPSA) is 90.0 Å². The lowest BCUT2D eigenvalue weighted by molar-refractivity contribution is 0.0746. The predicted molar refractivity (Wildman–Crippen MR) is 128 cm³/mol. The third kappa shape index (κ3) is 4.81. The monoisotopic (exact) mass is 472 g/mol. The fourth-order valence-corrected chi connectivity index (χ4v) is 6.01. The molecule has 2 aromatic rings. The Kier molecular flexibility index (Phi) is 7.14. The number of piperazine rings is 1. The highest BCUT2D eigenvalue weighted by Crippen LogP contribution is 2.30. The van der Waals surface area contributed by atoms with Gasteiger partial charge in [0.2, 0.25) is 16.0 Å². The molecule has 178 valence electrons. The molecular formula is C23H32N6O3S. The van der Waals surface area contributed by atoms with Gasteiger partial charge < -0.3 is 14.7 Å². The molecule has 9 nitrogen and oxygen atoms in total. The number of carbonyl (C=O) groups excluding carboxylic acids is 1. The molecule has 0 spiro atoms. The highest BCUT2D eigenvalue weighted by atomic mass is 32.2. The molecule has 1 amide bonds. The molecule has 33 heavy (non-hydrogen) atoms. The van der Waals surface area contributed by atoms with Gasteiger partial charge in [-0.05, 0) is 37.1 Å². The quantitative estimate of drug-likeness (QED) is 0.609. The first kappa shape index (κ1) is 23.4. The van der Waals surface area contributed by atoms with Crippen LogP contribution in [0.1, 0.15) is 37.0 Å². The lowest BCUT2D eigenvalue weighted by atomic mass is 10.1. The van der Waals surface area contributed by atoms with Crippen LogP contribution in [-0.2, 0) is 10.0 Å². The van der Waals surface area contributed by atoms with Gasteiger partial charge in [-0.1, -0.05) is 13.8 Å². The number of benzene rings is 1. The second-order valence-corrected chi connectivity index (χ2v) is 10.2. The number of anilines is 2. The van der Waals surface area contributed by atoms with E-state index in [9.17, 15) is 13.2 Å². The zero-order valence-corrected chi connectivity index (χ0v) is 20.2. The van der Waals surface area contributed by atoms with Crippen molar-refractivity contribution in [1.29, 1.82) is 0 Å². The van der Waals surface area contributed by atoms with E-state index in [2.05, 4.69) is 19.8 Å². The Morgan fingerprint density at radius 2 is 1.58 bits per heavy atom. The van der Waals surface area contributed by atoms with Gasteiger partial charge in [-0.3, -0.25) is 4.79 Å². The van der Waals surface area contributed by atoms with Crippen LogP contribution < -0.4 is 9.80 Å². The van der Waals surface area contributed by atoms with Crippen LogP contribution in [0, 0.1) is 0 Å². The maximum atomic E-state index is 13.6. The third-order valence-electron chi connectivity index (χ3n) is 6.39.